The smallest absolute Gasteiger partial charge is 0.306 e. The zero-order valence-electron chi connectivity index (χ0n) is 12.9. The summed E-state index contributed by atoms with van der Waals surface area (Å²) in [6.45, 7) is 6.86. The van der Waals surface area contributed by atoms with E-state index >= 15 is 0 Å². The van der Waals surface area contributed by atoms with Gasteiger partial charge in [-0.15, -0.1) is 0 Å². The van der Waals surface area contributed by atoms with Crippen LogP contribution >= 0.6 is 0 Å². The highest BCUT2D eigenvalue weighted by molar-refractivity contribution is 5.81. The van der Waals surface area contributed by atoms with Crippen LogP contribution in [0.25, 0.3) is 0 Å². The van der Waals surface area contributed by atoms with E-state index in [0.717, 1.165) is 0 Å². The standard InChI is InChI=1S/C15H23NO5/c1-14(2,3)21-13(18)8-7-12(17)16-10-15(4,19)11-6-5-9-20-11/h5-6,9,19H,7-8,10H2,1-4H3,(H,16,17)/t15-/m1/s1. The fraction of sp³-hybridized carbons (Fsp3) is 0.600. The molecule has 21 heavy (non-hydrogen) atoms. The second-order valence-electron chi connectivity index (χ2n) is 6.11. The van der Waals surface area contributed by atoms with Crippen LogP contribution in [0.2, 0.25) is 0 Å². The number of ether oxygens (including phenoxy) is 1. The van der Waals surface area contributed by atoms with Crippen molar-refractivity contribution in [1.82, 2.24) is 5.32 Å². The number of furan rings is 1. The number of carbonyl (C=O) groups is 2. The molecule has 0 aliphatic rings. The van der Waals surface area contributed by atoms with Crippen molar-refractivity contribution in [3.8, 4) is 0 Å². The lowest BCUT2D eigenvalue weighted by molar-refractivity contribution is -0.155. The lowest BCUT2D eigenvalue weighted by atomic mass is 10.0. The van der Waals surface area contributed by atoms with Crippen molar-refractivity contribution in [3.63, 3.8) is 0 Å². The summed E-state index contributed by atoms with van der Waals surface area (Å²) in [5, 5.41) is 12.7. The predicted molar refractivity (Wildman–Crippen MR) is 76.4 cm³/mol. The minimum atomic E-state index is -1.29. The maximum Gasteiger partial charge on any atom is 0.306 e. The molecule has 0 bridgehead atoms. The molecule has 0 aromatic carbocycles. The molecule has 0 saturated carbocycles. The molecular weight excluding hydrogens is 274 g/mol. The minimum Gasteiger partial charge on any atom is -0.466 e. The molecular formula is C15H23NO5. The van der Waals surface area contributed by atoms with Crippen molar-refractivity contribution < 1.29 is 23.8 Å². The summed E-state index contributed by atoms with van der Waals surface area (Å²) in [6.07, 6.45) is 1.48. The number of amides is 1. The van der Waals surface area contributed by atoms with Gasteiger partial charge in [-0.1, -0.05) is 0 Å². The summed E-state index contributed by atoms with van der Waals surface area (Å²) < 4.78 is 10.2. The third-order valence-electron chi connectivity index (χ3n) is 2.66. The molecule has 118 valence electrons. The predicted octanol–water partition coefficient (Wildman–Crippen LogP) is 1.73. The van der Waals surface area contributed by atoms with Gasteiger partial charge in [-0.3, -0.25) is 9.59 Å². The van der Waals surface area contributed by atoms with Crippen molar-refractivity contribution in [2.75, 3.05) is 6.54 Å². The van der Waals surface area contributed by atoms with Gasteiger partial charge in [0.2, 0.25) is 5.91 Å². The van der Waals surface area contributed by atoms with Crippen LogP contribution in [-0.4, -0.2) is 29.1 Å². The lowest BCUT2D eigenvalue weighted by Gasteiger charge is -2.21. The SMILES string of the molecule is CC(C)(C)OC(=O)CCC(=O)NC[C@@](C)(O)c1ccco1. The van der Waals surface area contributed by atoms with Crippen LogP contribution in [0.4, 0.5) is 0 Å². The molecule has 1 atom stereocenters. The Morgan fingerprint density at radius 1 is 1.29 bits per heavy atom. The van der Waals surface area contributed by atoms with Gasteiger partial charge in [0.1, 0.15) is 17.0 Å². The number of carbonyl (C=O) groups excluding carboxylic acids is 2. The highest BCUT2D eigenvalue weighted by atomic mass is 16.6. The molecule has 1 aromatic heterocycles. The number of hydrogen-bond donors (Lipinski definition) is 2. The van der Waals surface area contributed by atoms with Gasteiger partial charge in [0.25, 0.3) is 0 Å². The van der Waals surface area contributed by atoms with Crippen LogP contribution in [0.1, 0.15) is 46.3 Å². The summed E-state index contributed by atoms with van der Waals surface area (Å²) in [6, 6.07) is 3.29. The number of esters is 1. The molecule has 0 aliphatic heterocycles. The fourth-order valence-electron chi connectivity index (χ4n) is 1.64. The fourth-order valence-corrected chi connectivity index (χ4v) is 1.64. The maximum atomic E-state index is 11.7. The van der Waals surface area contributed by atoms with E-state index in [4.69, 9.17) is 9.15 Å². The molecule has 1 amide bonds. The molecule has 0 unspecified atom stereocenters. The Labute approximate surface area is 124 Å². The number of rotatable bonds is 6. The lowest BCUT2D eigenvalue weighted by Crippen LogP contribution is -2.38. The molecule has 2 N–H and O–H groups in total. The summed E-state index contributed by atoms with van der Waals surface area (Å²) in [5.41, 5.74) is -1.85. The van der Waals surface area contributed by atoms with E-state index < -0.39 is 17.2 Å². The van der Waals surface area contributed by atoms with Crippen molar-refractivity contribution in [3.05, 3.63) is 24.2 Å². The van der Waals surface area contributed by atoms with Crippen molar-refractivity contribution in [2.24, 2.45) is 0 Å². The molecule has 0 saturated heterocycles. The normalized spacial score (nSPS) is 14.3. The second-order valence-corrected chi connectivity index (χ2v) is 6.11. The van der Waals surface area contributed by atoms with Gasteiger partial charge in [0.15, 0.2) is 0 Å². The first-order valence-corrected chi connectivity index (χ1v) is 6.85. The molecule has 1 aromatic rings. The van der Waals surface area contributed by atoms with E-state index in [2.05, 4.69) is 5.32 Å². The average molecular weight is 297 g/mol. The van der Waals surface area contributed by atoms with Gasteiger partial charge in [0.05, 0.1) is 19.2 Å². The van der Waals surface area contributed by atoms with Crippen molar-refractivity contribution in [2.45, 2.75) is 51.7 Å². The van der Waals surface area contributed by atoms with Gasteiger partial charge in [-0.2, -0.15) is 0 Å². The van der Waals surface area contributed by atoms with E-state index in [-0.39, 0.29) is 25.3 Å². The van der Waals surface area contributed by atoms with Crippen molar-refractivity contribution >= 4 is 11.9 Å². The maximum absolute atomic E-state index is 11.7. The van der Waals surface area contributed by atoms with E-state index in [1.807, 2.05) is 0 Å². The molecule has 0 spiro atoms. The summed E-state index contributed by atoms with van der Waals surface area (Å²) >= 11 is 0. The average Bonchev–Trinajstić information content (AvgIpc) is 2.86. The molecule has 0 radical (unpaired) electrons. The molecule has 0 aliphatic carbocycles. The van der Waals surface area contributed by atoms with Crippen LogP contribution in [0.15, 0.2) is 22.8 Å². The van der Waals surface area contributed by atoms with Crippen LogP contribution < -0.4 is 5.32 Å². The monoisotopic (exact) mass is 297 g/mol. The van der Waals surface area contributed by atoms with E-state index in [9.17, 15) is 14.7 Å². The van der Waals surface area contributed by atoms with Gasteiger partial charge in [-0.25, -0.2) is 0 Å². The van der Waals surface area contributed by atoms with E-state index in [1.165, 1.54) is 6.26 Å². The van der Waals surface area contributed by atoms with Crippen LogP contribution in [-0.2, 0) is 19.9 Å². The first-order chi connectivity index (χ1) is 9.60. The summed E-state index contributed by atoms with van der Waals surface area (Å²) in [7, 11) is 0. The molecule has 6 nitrogen and oxygen atoms in total. The largest absolute Gasteiger partial charge is 0.466 e. The van der Waals surface area contributed by atoms with Crippen LogP contribution in [0, 0.1) is 0 Å². The first-order valence-electron chi connectivity index (χ1n) is 6.85. The minimum absolute atomic E-state index is 0.00595. The number of nitrogens with one attached hydrogen (secondary N) is 1. The zero-order chi connectivity index (χ0) is 16.1. The number of aliphatic hydroxyl groups is 1. The highest BCUT2D eigenvalue weighted by Crippen LogP contribution is 2.19. The summed E-state index contributed by atoms with van der Waals surface area (Å²) in [4.78, 5) is 23.2. The Bertz CT molecular complexity index is 471. The molecule has 6 heteroatoms. The van der Waals surface area contributed by atoms with Crippen LogP contribution in [0.3, 0.4) is 0 Å². The Morgan fingerprint density at radius 2 is 1.95 bits per heavy atom. The van der Waals surface area contributed by atoms with Gasteiger partial charge >= 0.3 is 5.97 Å². The quantitative estimate of drug-likeness (QED) is 0.781. The zero-order valence-corrected chi connectivity index (χ0v) is 12.9. The third-order valence-corrected chi connectivity index (χ3v) is 2.66. The Balaban J connectivity index is 2.33. The molecule has 1 heterocycles. The van der Waals surface area contributed by atoms with Gasteiger partial charge in [-0.05, 0) is 39.8 Å². The molecule has 1 rings (SSSR count). The number of hydrogen-bond acceptors (Lipinski definition) is 5. The Morgan fingerprint density at radius 3 is 2.48 bits per heavy atom. The van der Waals surface area contributed by atoms with Gasteiger partial charge in [0, 0.05) is 6.42 Å². The summed E-state index contributed by atoms with van der Waals surface area (Å²) in [5.74, 6) is -0.377. The first kappa shape index (κ1) is 17.2. The topological polar surface area (TPSA) is 88.8 Å². The second kappa shape index (κ2) is 6.76. The van der Waals surface area contributed by atoms with Crippen molar-refractivity contribution in [1.29, 1.82) is 0 Å². The Kier molecular flexibility index (Phi) is 5.54. The van der Waals surface area contributed by atoms with E-state index in [1.54, 1.807) is 39.8 Å². The van der Waals surface area contributed by atoms with Crippen LogP contribution in [0.5, 0.6) is 0 Å². The molecule has 0 fully saturated rings. The Hall–Kier alpha value is -1.82. The van der Waals surface area contributed by atoms with E-state index in [0.29, 0.717) is 5.76 Å². The highest BCUT2D eigenvalue weighted by Gasteiger charge is 2.27. The van der Waals surface area contributed by atoms with Gasteiger partial charge < -0.3 is 19.6 Å². The third kappa shape index (κ3) is 6.44.